The van der Waals surface area contributed by atoms with Gasteiger partial charge in [-0.25, -0.2) is 4.79 Å². The number of rotatable bonds is 3. The van der Waals surface area contributed by atoms with Crippen LogP contribution in [0, 0.1) is 0 Å². The van der Waals surface area contributed by atoms with Gasteiger partial charge in [0.15, 0.2) is 0 Å². The van der Waals surface area contributed by atoms with Gasteiger partial charge in [0.1, 0.15) is 11.3 Å². The number of carbonyl (C=O) groups is 2. The smallest absolute Gasteiger partial charge is 0.412 e. The minimum Gasteiger partial charge on any atom is -0.444 e. The van der Waals surface area contributed by atoms with E-state index in [0.717, 1.165) is 0 Å². The molecule has 0 aliphatic rings. The third-order valence-corrected chi connectivity index (χ3v) is 1.85. The Morgan fingerprint density at radius 3 is 2.50 bits per heavy atom. The molecule has 1 aromatic rings. The number of pyridine rings is 1. The zero-order valence-electron chi connectivity index (χ0n) is 10.7. The first-order valence-electron chi connectivity index (χ1n) is 5.44. The SMILES string of the molecule is C=CC(=O)c1ccc(NC(=O)OC(C)(C)C)cn1. The lowest BCUT2D eigenvalue weighted by Crippen LogP contribution is -2.27. The van der Waals surface area contributed by atoms with Crippen LogP contribution >= 0.6 is 0 Å². The van der Waals surface area contributed by atoms with Crippen molar-refractivity contribution in [2.75, 3.05) is 5.32 Å². The fourth-order valence-corrected chi connectivity index (χ4v) is 1.14. The molecule has 0 aromatic carbocycles. The maximum Gasteiger partial charge on any atom is 0.412 e. The van der Waals surface area contributed by atoms with E-state index in [-0.39, 0.29) is 11.5 Å². The van der Waals surface area contributed by atoms with Crippen LogP contribution in [0.4, 0.5) is 10.5 Å². The highest BCUT2D eigenvalue weighted by molar-refractivity contribution is 6.02. The first-order valence-corrected chi connectivity index (χ1v) is 5.44. The third-order valence-electron chi connectivity index (χ3n) is 1.85. The number of allylic oxidation sites excluding steroid dienone is 1. The Balaban J connectivity index is 2.67. The quantitative estimate of drug-likeness (QED) is 0.659. The largest absolute Gasteiger partial charge is 0.444 e. The molecular formula is C13H16N2O3. The van der Waals surface area contributed by atoms with Crippen molar-refractivity contribution in [3.05, 3.63) is 36.7 Å². The number of carbonyl (C=O) groups excluding carboxylic acids is 2. The molecule has 1 heterocycles. The summed E-state index contributed by atoms with van der Waals surface area (Å²) in [4.78, 5) is 26.6. The lowest BCUT2D eigenvalue weighted by molar-refractivity contribution is 0.0636. The number of ether oxygens (including phenoxy) is 1. The fraction of sp³-hybridized carbons (Fsp3) is 0.308. The molecule has 5 heteroatoms. The molecule has 5 nitrogen and oxygen atoms in total. The summed E-state index contributed by atoms with van der Waals surface area (Å²) in [5.74, 6) is -0.265. The Labute approximate surface area is 106 Å². The number of nitrogens with zero attached hydrogens (tertiary/aromatic N) is 1. The number of nitrogens with one attached hydrogen (secondary N) is 1. The fourth-order valence-electron chi connectivity index (χ4n) is 1.14. The van der Waals surface area contributed by atoms with E-state index in [0.29, 0.717) is 5.69 Å². The average Bonchev–Trinajstić information content (AvgIpc) is 2.26. The summed E-state index contributed by atoms with van der Waals surface area (Å²) < 4.78 is 5.08. The molecule has 18 heavy (non-hydrogen) atoms. The molecule has 1 amide bonds. The van der Waals surface area contributed by atoms with Crippen molar-refractivity contribution in [2.45, 2.75) is 26.4 Å². The van der Waals surface area contributed by atoms with Crippen LogP contribution in [0.25, 0.3) is 0 Å². The van der Waals surface area contributed by atoms with Gasteiger partial charge >= 0.3 is 6.09 Å². The zero-order chi connectivity index (χ0) is 13.8. The monoisotopic (exact) mass is 248 g/mol. The second-order valence-corrected chi connectivity index (χ2v) is 4.63. The van der Waals surface area contributed by atoms with Gasteiger partial charge in [0.2, 0.25) is 5.78 Å². The summed E-state index contributed by atoms with van der Waals surface area (Å²) >= 11 is 0. The van der Waals surface area contributed by atoms with E-state index in [9.17, 15) is 9.59 Å². The van der Waals surface area contributed by atoms with Crippen molar-refractivity contribution in [3.8, 4) is 0 Å². The van der Waals surface area contributed by atoms with Gasteiger partial charge in [-0.15, -0.1) is 0 Å². The summed E-state index contributed by atoms with van der Waals surface area (Å²) in [5.41, 5.74) is 0.181. The Morgan fingerprint density at radius 2 is 2.06 bits per heavy atom. The number of hydrogen-bond acceptors (Lipinski definition) is 4. The van der Waals surface area contributed by atoms with E-state index in [1.165, 1.54) is 18.3 Å². The highest BCUT2D eigenvalue weighted by atomic mass is 16.6. The summed E-state index contributed by atoms with van der Waals surface area (Å²) in [6, 6.07) is 3.09. The standard InChI is InChI=1S/C13H16N2O3/c1-5-11(16)10-7-6-9(8-14-10)15-12(17)18-13(2,3)4/h5-8H,1H2,2-4H3,(H,15,17). The normalized spacial score (nSPS) is 10.6. The molecule has 0 bridgehead atoms. The van der Waals surface area contributed by atoms with Crippen molar-refractivity contribution in [1.82, 2.24) is 4.98 Å². The summed E-state index contributed by atoms with van der Waals surface area (Å²) in [6.07, 6.45) is 2.01. The molecule has 0 saturated heterocycles. The van der Waals surface area contributed by atoms with Crippen molar-refractivity contribution in [3.63, 3.8) is 0 Å². The van der Waals surface area contributed by atoms with Crippen LogP contribution in [0.15, 0.2) is 31.0 Å². The highest BCUT2D eigenvalue weighted by Crippen LogP contribution is 2.11. The number of amides is 1. The van der Waals surface area contributed by atoms with E-state index >= 15 is 0 Å². The first kappa shape index (κ1) is 13.9. The lowest BCUT2D eigenvalue weighted by atomic mass is 10.2. The Bertz CT molecular complexity index is 458. The van der Waals surface area contributed by atoms with Gasteiger partial charge in [-0.2, -0.15) is 0 Å². The molecule has 0 saturated carbocycles. The van der Waals surface area contributed by atoms with Crippen LogP contribution in [0.2, 0.25) is 0 Å². The summed E-state index contributed by atoms with van der Waals surface area (Å²) in [6.45, 7) is 8.69. The lowest BCUT2D eigenvalue weighted by Gasteiger charge is -2.19. The van der Waals surface area contributed by atoms with Crippen LogP contribution in [-0.4, -0.2) is 22.5 Å². The van der Waals surface area contributed by atoms with Crippen molar-refractivity contribution >= 4 is 17.6 Å². The van der Waals surface area contributed by atoms with Crippen molar-refractivity contribution in [2.24, 2.45) is 0 Å². The van der Waals surface area contributed by atoms with E-state index in [1.54, 1.807) is 26.8 Å². The Morgan fingerprint density at radius 1 is 1.39 bits per heavy atom. The maximum absolute atomic E-state index is 11.5. The summed E-state index contributed by atoms with van der Waals surface area (Å²) in [5, 5.41) is 2.52. The van der Waals surface area contributed by atoms with E-state index in [1.807, 2.05) is 0 Å². The highest BCUT2D eigenvalue weighted by Gasteiger charge is 2.16. The minimum atomic E-state index is -0.563. The Hall–Kier alpha value is -2.17. The third kappa shape index (κ3) is 4.37. The molecule has 1 aromatic heterocycles. The van der Waals surface area contributed by atoms with Crippen LogP contribution in [-0.2, 0) is 4.74 Å². The average molecular weight is 248 g/mol. The maximum atomic E-state index is 11.5. The molecule has 0 fully saturated rings. The summed E-state index contributed by atoms with van der Waals surface area (Å²) in [7, 11) is 0. The molecule has 0 unspecified atom stereocenters. The van der Waals surface area contributed by atoms with Crippen LogP contribution in [0.1, 0.15) is 31.3 Å². The van der Waals surface area contributed by atoms with Crippen molar-refractivity contribution < 1.29 is 14.3 Å². The number of hydrogen-bond donors (Lipinski definition) is 1. The molecule has 1 N–H and O–H groups in total. The van der Waals surface area contributed by atoms with Gasteiger partial charge < -0.3 is 4.74 Å². The second kappa shape index (κ2) is 5.44. The molecule has 0 spiro atoms. The van der Waals surface area contributed by atoms with Gasteiger partial charge in [-0.05, 0) is 39.0 Å². The number of ketones is 1. The predicted octanol–water partition coefficient (Wildman–Crippen LogP) is 2.80. The molecule has 96 valence electrons. The first-order chi connectivity index (χ1) is 8.31. The Kier molecular flexibility index (Phi) is 4.20. The van der Waals surface area contributed by atoms with Gasteiger partial charge in [0.05, 0.1) is 11.9 Å². The zero-order valence-corrected chi connectivity index (χ0v) is 10.7. The van der Waals surface area contributed by atoms with Gasteiger partial charge in [0.25, 0.3) is 0 Å². The van der Waals surface area contributed by atoms with E-state index in [4.69, 9.17) is 4.74 Å². The van der Waals surface area contributed by atoms with Crippen LogP contribution in [0.3, 0.4) is 0 Å². The van der Waals surface area contributed by atoms with Crippen molar-refractivity contribution in [1.29, 1.82) is 0 Å². The second-order valence-electron chi connectivity index (χ2n) is 4.63. The molecule has 0 aliphatic heterocycles. The van der Waals surface area contributed by atoms with Crippen LogP contribution < -0.4 is 5.32 Å². The number of anilines is 1. The predicted molar refractivity (Wildman–Crippen MR) is 68.6 cm³/mol. The number of aromatic nitrogens is 1. The minimum absolute atomic E-state index is 0.265. The topological polar surface area (TPSA) is 68.3 Å². The molecule has 1 rings (SSSR count). The van der Waals surface area contributed by atoms with Crippen LogP contribution in [0.5, 0.6) is 0 Å². The molecule has 0 radical (unpaired) electrons. The molecular weight excluding hydrogens is 232 g/mol. The van der Waals surface area contributed by atoms with Gasteiger partial charge in [0, 0.05) is 0 Å². The van der Waals surface area contributed by atoms with E-state index < -0.39 is 11.7 Å². The van der Waals surface area contributed by atoms with E-state index in [2.05, 4.69) is 16.9 Å². The van der Waals surface area contributed by atoms with Gasteiger partial charge in [-0.1, -0.05) is 6.58 Å². The molecule has 0 aliphatic carbocycles. The van der Waals surface area contributed by atoms with Gasteiger partial charge in [-0.3, -0.25) is 15.1 Å². The molecule has 0 atom stereocenters.